The Morgan fingerprint density at radius 2 is 1.82 bits per heavy atom. The van der Waals surface area contributed by atoms with Crippen LogP contribution in [0.15, 0.2) is 39.6 Å². The summed E-state index contributed by atoms with van der Waals surface area (Å²) in [6, 6.07) is 7.53. The molecule has 1 aromatic carbocycles. The summed E-state index contributed by atoms with van der Waals surface area (Å²) < 4.78 is 38.5. The van der Waals surface area contributed by atoms with Crippen LogP contribution in [0.3, 0.4) is 0 Å². The Labute approximate surface area is 103 Å². The van der Waals surface area contributed by atoms with Crippen molar-refractivity contribution in [1.82, 2.24) is 4.57 Å². The second kappa shape index (κ2) is 4.18. The van der Waals surface area contributed by atoms with Gasteiger partial charge in [-0.1, -0.05) is 22.0 Å². The number of pyridine rings is 1. The zero-order valence-electron chi connectivity index (χ0n) is 8.46. The van der Waals surface area contributed by atoms with Gasteiger partial charge in [-0.3, -0.25) is 9.36 Å². The second-order valence-corrected chi connectivity index (χ2v) is 4.49. The Bertz CT molecular complexity index is 618. The van der Waals surface area contributed by atoms with Crippen LogP contribution in [0.2, 0.25) is 0 Å². The number of halogens is 4. The van der Waals surface area contributed by atoms with E-state index < -0.39 is 18.3 Å². The molecular formula is C11H7BrF3NO. The predicted octanol–water partition coefficient (Wildman–Crippen LogP) is 3.33. The number of hydrogen-bond acceptors (Lipinski definition) is 1. The summed E-state index contributed by atoms with van der Waals surface area (Å²) >= 11 is 3.17. The monoisotopic (exact) mass is 305 g/mol. The molecule has 1 heterocycles. The number of alkyl halides is 3. The molecule has 2 nitrogen and oxygen atoms in total. The maximum atomic E-state index is 12.4. The van der Waals surface area contributed by atoms with E-state index in [2.05, 4.69) is 15.9 Å². The molecule has 6 heteroatoms. The SMILES string of the molecule is O=c1ccc2ccc(Br)cc2n1CC(F)(F)F. The van der Waals surface area contributed by atoms with Crippen molar-refractivity contribution in [2.75, 3.05) is 0 Å². The van der Waals surface area contributed by atoms with Gasteiger partial charge in [0, 0.05) is 10.5 Å². The molecule has 0 aliphatic rings. The molecule has 0 saturated carbocycles. The Balaban J connectivity index is 2.71. The fraction of sp³-hybridized carbons (Fsp3) is 0.182. The highest BCUT2D eigenvalue weighted by Crippen LogP contribution is 2.22. The summed E-state index contributed by atoms with van der Waals surface area (Å²) in [5.74, 6) is 0. The van der Waals surface area contributed by atoms with E-state index in [9.17, 15) is 18.0 Å². The molecule has 0 amide bonds. The van der Waals surface area contributed by atoms with Crippen LogP contribution in [0, 0.1) is 0 Å². The summed E-state index contributed by atoms with van der Waals surface area (Å²) in [6.07, 6.45) is -4.42. The van der Waals surface area contributed by atoms with E-state index in [0.29, 0.717) is 9.86 Å². The fourth-order valence-corrected chi connectivity index (χ4v) is 1.95. The molecule has 0 unspecified atom stereocenters. The second-order valence-electron chi connectivity index (χ2n) is 3.58. The number of hydrogen-bond donors (Lipinski definition) is 0. The van der Waals surface area contributed by atoms with Crippen molar-refractivity contribution in [3.8, 4) is 0 Å². The zero-order valence-corrected chi connectivity index (χ0v) is 10.0. The van der Waals surface area contributed by atoms with E-state index in [-0.39, 0.29) is 5.52 Å². The lowest BCUT2D eigenvalue weighted by molar-refractivity contribution is -0.140. The standard InChI is InChI=1S/C11H7BrF3NO/c12-8-3-1-7-2-4-10(17)16(9(7)5-8)6-11(13,14)15/h1-5H,6H2. The van der Waals surface area contributed by atoms with Crippen molar-refractivity contribution < 1.29 is 13.2 Å². The zero-order chi connectivity index (χ0) is 12.6. The highest BCUT2D eigenvalue weighted by molar-refractivity contribution is 9.10. The summed E-state index contributed by atoms with van der Waals surface area (Å²) in [6.45, 7) is -1.28. The third-order valence-electron chi connectivity index (χ3n) is 2.29. The van der Waals surface area contributed by atoms with Crippen molar-refractivity contribution in [3.05, 3.63) is 45.2 Å². The minimum absolute atomic E-state index is 0.268. The van der Waals surface area contributed by atoms with Crippen molar-refractivity contribution in [2.45, 2.75) is 12.7 Å². The van der Waals surface area contributed by atoms with Crippen molar-refractivity contribution in [2.24, 2.45) is 0 Å². The normalized spacial score (nSPS) is 12.0. The van der Waals surface area contributed by atoms with Crippen LogP contribution < -0.4 is 5.56 Å². The maximum absolute atomic E-state index is 12.4. The van der Waals surface area contributed by atoms with Crippen LogP contribution in [-0.4, -0.2) is 10.7 Å². The molecular weight excluding hydrogens is 299 g/mol. The van der Waals surface area contributed by atoms with E-state index in [4.69, 9.17) is 0 Å². The van der Waals surface area contributed by atoms with Gasteiger partial charge in [0.25, 0.3) is 5.56 Å². The summed E-state index contributed by atoms with van der Waals surface area (Å²) in [4.78, 5) is 11.5. The van der Waals surface area contributed by atoms with Crippen LogP contribution in [-0.2, 0) is 6.54 Å². The molecule has 0 saturated heterocycles. The molecule has 0 spiro atoms. The van der Waals surface area contributed by atoms with E-state index >= 15 is 0 Å². The Morgan fingerprint density at radius 3 is 2.47 bits per heavy atom. The van der Waals surface area contributed by atoms with Gasteiger partial charge in [0.2, 0.25) is 0 Å². The summed E-state index contributed by atoms with van der Waals surface area (Å²) in [5, 5.41) is 0.594. The maximum Gasteiger partial charge on any atom is 0.406 e. The molecule has 2 rings (SSSR count). The fourth-order valence-electron chi connectivity index (χ4n) is 1.60. The number of aromatic nitrogens is 1. The summed E-state index contributed by atoms with van der Waals surface area (Å²) in [7, 11) is 0. The molecule has 0 aliphatic carbocycles. The van der Waals surface area contributed by atoms with E-state index in [1.165, 1.54) is 12.1 Å². The van der Waals surface area contributed by atoms with Gasteiger partial charge in [0.05, 0.1) is 5.52 Å². The first kappa shape index (κ1) is 12.2. The van der Waals surface area contributed by atoms with E-state index in [1.807, 2.05) is 0 Å². The molecule has 90 valence electrons. The largest absolute Gasteiger partial charge is 0.406 e. The van der Waals surface area contributed by atoms with Crippen LogP contribution in [0.4, 0.5) is 13.2 Å². The first-order valence-corrected chi connectivity index (χ1v) is 5.52. The lowest BCUT2D eigenvalue weighted by Crippen LogP contribution is -2.27. The minimum Gasteiger partial charge on any atom is -0.299 e. The molecule has 0 bridgehead atoms. The van der Waals surface area contributed by atoms with Crippen molar-refractivity contribution in [1.29, 1.82) is 0 Å². The Kier molecular flexibility index (Phi) is 2.99. The van der Waals surface area contributed by atoms with Gasteiger partial charge in [-0.2, -0.15) is 13.2 Å². The van der Waals surface area contributed by atoms with Crippen LogP contribution in [0.1, 0.15) is 0 Å². The van der Waals surface area contributed by atoms with Gasteiger partial charge in [-0.15, -0.1) is 0 Å². The van der Waals surface area contributed by atoms with Gasteiger partial charge in [-0.25, -0.2) is 0 Å². The number of fused-ring (bicyclic) bond motifs is 1. The average Bonchev–Trinajstić information content (AvgIpc) is 2.21. The lowest BCUT2D eigenvalue weighted by atomic mass is 10.2. The molecule has 17 heavy (non-hydrogen) atoms. The smallest absolute Gasteiger partial charge is 0.299 e. The van der Waals surface area contributed by atoms with Gasteiger partial charge in [-0.05, 0) is 23.6 Å². The molecule has 0 atom stereocenters. The third kappa shape index (κ3) is 2.69. The first-order chi connectivity index (χ1) is 7.87. The molecule has 0 fully saturated rings. The average molecular weight is 306 g/mol. The van der Waals surface area contributed by atoms with E-state index in [1.54, 1.807) is 12.1 Å². The molecule has 1 aromatic heterocycles. The topological polar surface area (TPSA) is 22.0 Å². The van der Waals surface area contributed by atoms with Crippen molar-refractivity contribution in [3.63, 3.8) is 0 Å². The molecule has 0 N–H and O–H groups in total. The van der Waals surface area contributed by atoms with Gasteiger partial charge in [0.1, 0.15) is 6.54 Å². The lowest BCUT2D eigenvalue weighted by Gasteiger charge is -2.12. The minimum atomic E-state index is -4.42. The predicted molar refractivity (Wildman–Crippen MR) is 62.0 cm³/mol. The molecule has 2 aromatic rings. The Hall–Kier alpha value is -1.30. The molecule has 0 aliphatic heterocycles. The highest BCUT2D eigenvalue weighted by atomic mass is 79.9. The Morgan fingerprint density at radius 1 is 1.18 bits per heavy atom. The first-order valence-electron chi connectivity index (χ1n) is 4.73. The van der Waals surface area contributed by atoms with Crippen LogP contribution in [0.25, 0.3) is 10.9 Å². The van der Waals surface area contributed by atoms with E-state index in [0.717, 1.165) is 10.6 Å². The molecule has 0 radical (unpaired) electrons. The highest BCUT2D eigenvalue weighted by Gasteiger charge is 2.29. The number of benzene rings is 1. The summed E-state index contributed by atoms with van der Waals surface area (Å²) in [5.41, 5.74) is -0.392. The number of nitrogens with zero attached hydrogens (tertiary/aromatic N) is 1. The van der Waals surface area contributed by atoms with Crippen LogP contribution in [0.5, 0.6) is 0 Å². The van der Waals surface area contributed by atoms with Crippen molar-refractivity contribution >= 4 is 26.8 Å². The van der Waals surface area contributed by atoms with Gasteiger partial charge < -0.3 is 0 Å². The van der Waals surface area contributed by atoms with Crippen LogP contribution >= 0.6 is 15.9 Å². The van der Waals surface area contributed by atoms with Gasteiger partial charge in [0.15, 0.2) is 0 Å². The quantitative estimate of drug-likeness (QED) is 0.792. The van der Waals surface area contributed by atoms with Gasteiger partial charge >= 0.3 is 6.18 Å². The third-order valence-corrected chi connectivity index (χ3v) is 2.79. The number of rotatable bonds is 1.